The molecule has 0 fully saturated rings. The van der Waals surface area contributed by atoms with E-state index in [2.05, 4.69) is 182 Å². The number of hydrogen-bond acceptors (Lipinski definition) is 2. The molecule has 260 valence electrons. The van der Waals surface area contributed by atoms with Gasteiger partial charge in [-0.05, 0) is 102 Å². The maximum Gasteiger partial charge on any atom is 0.143 e. The summed E-state index contributed by atoms with van der Waals surface area (Å²) in [5.74, 6) is 0. The summed E-state index contributed by atoms with van der Waals surface area (Å²) in [6.45, 7) is 0. The van der Waals surface area contributed by atoms with Crippen LogP contribution in [0.4, 0.5) is 0 Å². The Balaban J connectivity index is 1.07. The summed E-state index contributed by atoms with van der Waals surface area (Å²) < 4.78 is 13.1. The molecule has 0 atom stereocenters. The first-order valence-corrected chi connectivity index (χ1v) is 19.2. The lowest BCUT2D eigenvalue weighted by atomic mass is 9.83. The van der Waals surface area contributed by atoms with Gasteiger partial charge in [-0.15, -0.1) is 0 Å². The first-order chi connectivity index (χ1) is 27.8. The number of hydrogen-bond donors (Lipinski definition) is 0. The van der Waals surface area contributed by atoms with Gasteiger partial charge in [0.15, 0.2) is 0 Å². The number of benzene rings is 10. The quantitative estimate of drug-likeness (QED) is 0.170. The Hall–Kier alpha value is -7.42. The van der Waals surface area contributed by atoms with E-state index < -0.39 is 0 Å². The van der Waals surface area contributed by atoms with Crippen molar-refractivity contribution in [2.45, 2.75) is 0 Å². The molecule has 0 aliphatic heterocycles. The lowest BCUT2D eigenvalue weighted by Crippen LogP contribution is -1.92. The average molecular weight is 713 g/mol. The van der Waals surface area contributed by atoms with E-state index in [-0.39, 0.29) is 0 Å². The molecular weight excluding hydrogens is 681 g/mol. The van der Waals surface area contributed by atoms with Crippen LogP contribution >= 0.6 is 0 Å². The van der Waals surface area contributed by atoms with Crippen LogP contribution in [0.5, 0.6) is 0 Å². The first-order valence-electron chi connectivity index (χ1n) is 19.2. The van der Waals surface area contributed by atoms with Crippen LogP contribution in [0.15, 0.2) is 203 Å². The summed E-state index contributed by atoms with van der Waals surface area (Å²) in [6, 6.07) is 69.7. The fourth-order valence-electron chi connectivity index (χ4n) is 9.16. The van der Waals surface area contributed by atoms with Crippen LogP contribution in [-0.4, -0.2) is 0 Å². The summed E-state index contributed by atoms with van der Waals surface area (Å²) in [5, 5.41) is 11.9. The number of rotatable bonds is 4. The zero-order valence-corrected chi connectivity index (χ0v) is 30.3. The van der Waals surface area contributed by atoms with E-state index in [9.17, 15) is 0 Å². The van der Waals surface area contributed by atoms with Crippen molar-refractivity contribution >= 4 is 76.2 Å². The van der Waals surface area contributed by atoms with Gasteiger partial charge in [0, 0.05) is 27.1 Å². The molecule has 0 radical (unpaired) electrons. The highest BCUT2D eigenvalue weighted by Gasteiger charge is 2.23. The average Bonchev–Trinajstić information content (AvgIpc) is 3.84. The second-order valence-corrected chi connectivity index (χ2v) is 14.7. The zero-order chi connectivity index (χ0) is 36.7. The van der Waals surface area contributed by atoms with Gasteiger partial charge < -0.3 is 8.83 Å². The van der Waals surface area contributed by atoms with E-state index in [1.807, 2.05) is 12.1 Å². The number of furan rings is 2. The summed E-state index contributed by atoms with van der Waals surface area (Å²) in [5.41, 5.74) is 12.9. The third kappa shape index (κ3) is 4.57. The topological polar surface area (TPSA) is 26.3 Å². The molecule has 2 heterocycles. The fraction of sp³-hybridized carbons (Fsp3) is 0. The van der Waals surface area contributed by atoms with Gasteiger partial charge in [-0.3, -0.25) is 0 Å². The van der Waals surface area contributed by atoms with Crippen LogP contribution in [0.2, 0.25) is 0 Å². The van der Waals surface area contributed by atoms with Gasteiger partial charge in [-0.25, -0.2) is 0 Å². The Morgan fingerprint density at radius 1 is 0.268 bits per heavy atom. The molecule has 12 rings (SSSR count). The Bertz CT molecular complexity index is 3460. The predicted octanol–water partition coefficient (Wildman–Crippen LogP) is 15.6. The minimum Gasteiger partial charge on any atom is -0.456 e. The third-order valence-corrected chi connectivity index (χ3v) is 11.7. The number of para-hydroxylation sites is 2. The Kier molecular flexibility index (Phi) is 6.66. The van der Waals surface area contributed by atoms with Gasteiger partial charge in [-0.1, -0.05) is 164 Å². The van der Waals surface area contributed by atoms with Crippen LogP contribution in [0.25, 0.3) is 121 Å². The molecule has 2 nitrogen and oxygen atoms in total. The van der Waals surface area contributed by atoms with Crippen LogP contribution in [0.3, 0.4) is 0 Å². The minimum atomic E-state index is 0.882. The van der Waals surface area contributed by atoms with Gasteiger partial charge in [-0.2, -0.15) is 0 Å². The van der Waals surface area contributed by atoms with Gasteiger partial charge >= 0.3 is 0 Å². The van der Waals surface area contributed by atoms with Crippen LogP contribution in [-0.2, 0) is 0 Å². The van der Waals surface area contributed by atoms with Gasteiger partial charge in [0.1, 0.15) is 22.3 Å². The molecule has 0 N–H and O–H groups in total. The van der Waals surface area contributed by atoms with E-state index in [1.54, 1.807) is 0 Å². The van der Waals surface area contributed by atoms with Gasteiger partial charge in [0.05, 0.1) is 0 Å². The highest BCUT2D eigenvalue weighted by atomic mass is 16.3. The van der Waals surface area contributed by atoms with Crippen LogP contribution < -0.4 is 0 Å². The summed E-state index contributed by atoms with van der Waals surface area (Å²) in [4.78, 5) is 0. The molecule has 0 unspecified atom stereocenters. The molecule has 0 aliphatic carbocycles. The second-order valence-electron chi connectivity index (χ2n) is 14.7. The largest absolute Gasteiger partial charge is 0.456 e. The van der Waals surface area contributed by atoms with Gasteiger partial charge in [0.2, 0.25) is 0 Å². The monoisotopic (exact) mass is 712 g/mol. The smallest absolute Gasteiger partial charge is 0.143 e. The van der Waals surface area contributed by atoms with Crippen LogP contribution in [0, 0.1) is 0 Å². The SMILES string of the molecule is c1ccc2c(-c3c4ccccc4c(-c4ccc(-c5ccc(-c6ccc7c(c6)oc6ccccc67)cc5)c5oc6ccccc6c45)c4ccccc34)cccc2c1. The highest BCUT2D eigenvalue weighted by Crippen LogP contribution is 2.49. The maximum absolute atomic E-state index is 6.85. The summed E-state index contributed by atoms with van der Waals surface area (Å²) in [6.07, 6.45) is 0. The van der Waals surface area contributed by atoms with Crippen molar-refractivity contribution in [3.8, 4) is 44.5 Å². The van der Waals surface area contributed by atoms with E-state index in [0.29, 0.717) is 0 Å². The van der Waals surface area contributed by atoms with E-state index in [1.165, 1.54) is 54.6 Å². The first kappa shape index (κ1) is 31.0. The van der Waals surface area contributed by atoms with Crippen LogP contribution in [0.1, 0.15) is 0 Å². The van der Waals surface area contributed by atoms with Crippen molar-refractivity contribution < 1.29 is 8.83 Å². The molecule has 0 saturated carbocycles. The molecule has 2 aromatic heterocycles. The predicted molar refractivity (Wildman–Crippen MR) is 235 cm³/mol. The maximum atomic E-state index is 6.85. The third-order valence-electron chi connectivity index (χ3n) is 11.7. The standard InChI is InChI=1S/C54H32O2/c1-2-14-37-34(12-1)13-11-21-41(37)51-42-16-3-5-18-44(42)52(45-19-6-4-17-43(45)51)47-31-30-38(54-53(47)46-20-8-10-23-49(46)56-54)35-26-24-33(25-27-35)36-28-29-40-39-15-7-9-22-48(39)55-50(40)32-36/h1-32H. The van der Waals surface area contributed by atoms with Crippen molar-refractivity contribution in [3.05, 3.63) is 194 Å². The normalized spacial score (nSPS) is 11.9. The van der Waals surface area contributed by atoms with Crippen molar-refractivity contribution in [1.82, 2.24) is 0 Å². The molecule has 56 heavy (non-hydrogen) atoms. The van der Waals surface area contributed by atoms with E-state index >= 15 is 0 Å². The molecule has 12 aromatic rings. The molecule has 10 aromatic carbocycles. The molecule has 0 aliphatic rings. The number of fused-ring (bicyclic) bond motifs is 9. The molecular formula is C54H32O2. The lowest BCUT2D eigenvalue weighted by molar-refractivity contribution is 0.669. The summed E-state index contributed by atoms with van der Waals surface area (Å²) in [7, 11) is 0. The molecule has 0 bridgehead atoms. The van der Waals surface area contributed by atoms with Gasteiger partial charge in [0.25, 0.3) is 0 Å². The molecule has 0 amide bonds. The molecule has 0 saturated heterocycles. The molecule has 2 heteroatoms. The second kappa shape index (κ2) is 12.0. The van der Waals surface area contributed by atoms with Crippen molar-refractivity contribution in [2.24, 2.45) is 0 Å². The molecule has 0 spiro atoms. The Morgan fingerprint density at radius 2 is 0.768 bits per heavy atom. The Morgan fingerprint density at radius 3 is 1.48 bits per heavy atom. The van der Waals surface area contributed by atoms with Crippen molar-refractivity contribution in [1.29, 1.82) is 0 Å². The minimum absolute atomic E-state index is 0.882. The zero-order valence-electron chi connectivity index (χ0n) is 30.3. The fourth-order valence-corrected chi connectivity index (χ4v) is 9.16. The highest BCUT2D eigenvalue weighted by molar-refractivity contribution is 6.27. The van der Waals surface area contributed by atoms with E-state index in [4.69, 9.17) is 8.83 Å². The van der Waals surface area contributed by atoms with Crippen molar-refractivity contribution in [2.75, 3.05) is 0 Å². The Labute approximate surface area is 322 Å². The lowest BCUT2D eigenvalue weighted by Gasteiger charge is -2.19. The van der Waals surface area contributed by atoms with Crippen molar-refractivity contribution in [3.63, 3.8) is 0 Å². The summed E-state index contributed by atoms with van der Waals surface area (Å²) >= 11 is 0. The van der Waals surface area contributed by atoms with E-state index in [0.717, 1.165) is 66.1 Å².